The molecule has 3 heterocycles. The predicted octanol–water partition coefficient (Wildman–Crippen LogP) is 6.21. The van der Waals surface area contributed by atoms with Gasteiger partial charge in [0.15, 0.2) is 5.71 Å². The number of imide groups is 1. The lowest BCUT2D eigenvalue weighted by Gasteiger charge is -2.29. The maximum absolute atomic E-state index is 12.3. The molecule has 5 rings (SSSR count). The van der Waals surface area contributed by atoms with Crippen LogP contribution in [0.15, 0.2) is 77.4 Å². The molecule has 2 aromatic carbocycles. The van der Waals surface area contributed by atoms with E-state index in [-0.39, 0.29) is 29.6 Å². The summed E-state index contributed by atoms with van der Waals surface area (Å²) in [5.74, 6) is -1.64. The van der Waals surface area contributed by atoms with Crippen LogP contribution < -0.4 is 4.90 Å². The van der Waals surface area contributed by atoms with Gasteiger partial charge in [-0.3, -0.25) is 14.1 Å². The first kappa shape index (κ1) is 35.0. The molecule has 1 fully saturated rings. The number of rotatable bonds is 11. The lowest BCUT2D eigenvalue weighted by atomic mass is 9.77. The molecule has 3 aliphatic heterocycles. The Morgan fingerprint density at radius 1 is 0.979 bits per heavy atom. The summed E-state index contributed by atoms with van der Waals surface area (Å²) in [4.78, 5) is 42.6. The third-order valence-electron chi connectivity index (χ3n) is 9.82. The van der Waals surface area contributed by atoms with Gasteiger partial charge in [-0.2, -0.15) is 13.0 Å². The van der Waals surface area contributed by atoms with E-state index < -0.39 is 33.3 Å². The normalized spacial score (nSPS) is 21.4. The van der Waals surface area contributed by atoms with E-state index in [0.29, 0.717) is 30.7 Å². The number of hydrogen-bond acceptors (Lipinski definition) is 7. The standard InChI is InChI=1S/C37H43N3O7S/c1-25-16-18-29-27(23-25)36(2,3)31(38(29)5)13-9-7-10-14-32-37(4,28-24-26(48(44,45)46)17-19-30(28)39(32)6)22-12-8-11-15-35(43)47-40-33(41)20-21-34(40)42/h7,9-10,13-14,16-19,23-24H,8,11-12,15,20-22H2,1-6H3/p+1. The lowest BCUT2D eigenvalue weighted by molar-refractivity contribution is -0.401. The Hall–Kier alpha value is -4.35. The van der Waals surface area contributed by atoms with Gasteiger partial charge in [0.1, 0.15) is 7.05 Å². The maximum atomic E-state index is 12.3. The summed E-state index contributed by atoms with van der Waals surface area (Å²) in [6.45, 7) is 8.63. The Kier molecular flexibility index (Phi) is 9.67. The van der Waals surface area contributed by atoms with Crippen molar-refractivity contribution < 1.29 is 36.8 Å². The van der Waals surface area contributed by atoms with E-state index in [2.05, 4.69) is 63.6 Å². The molecule has 0 saturated carbocycles. The summed E-state index contributed by atoms with van der Waals surface area (Å²) >= 11 is 0. The van der Waals surface area contributed by atoms with Crippen LogP contribution in [0.25, 0.3) is 0 Å². The molecule has 1 saturated heterocycles. The van der Waals surface area contributed by atoms with Crippen molar-refractivity contribution in [3.8, 4) is 0 Å². The molecule has 11 heteroatoms. The van der Waals surface area contributed by atoms with Crippen LogP contribution in [0.5, 0.6) is 0 Å². The van der Waals surface area contributed by atoms with Crippen LogP contribution in [0.2, 0.25) is 0 Å². The van der Waals surface area contributed by atoms with Crippen molar-refractivity contribution in [1.82, 2.24) is 5.06 Å². The molecule has 10 nitrogen and oxygen atoms in total. The van der Waals surface area contributed by atoms with E-state index in [1.54, 1.807) is 12.1 Å². The molecule has 0 spiro atoms. The average Bonchev–Trinajstić information content (AvgIpc) is 3.52. The van der Waals surface area contributed by atoms with Crippen molar-refractivity contribution in [3.63, 3.8) is 0 Å². The van der Waals surface area contributed by atoms with Gasteiger partial charge in [-0.05, 0) is 76.4 Å². The van der Waals surface area contributed by atoms with Crippen LogP contribution in [0.4, 0.5) is 11.4 Å². The summed E-state index contributed by atoms with van der Waals surface area (Å²) in [7, 11) is -0.379. The largest absolute Gasteiger partial charge is 0.347 e. The molecule has 0 aliphatic carbocycles. The van der Waals surface area contributed by atoms with E-state index >= 15 is 0 Å². The van der Waals surface area contributed by atoms with Gasteiger partial charge >= 0.3 is 5.97 Å². The van der Waals surface area contributed by atoms with Crippen molar-refractivity contribution in [1.29, 1.82) is 0 Å². The SMILES string of the molecule is Cc1ccc2c(c1)C(C)(C)C(/C=C/C=C/C=C1\N(C)c3ccc(S(=O)(=O)O)cc3C1(C)CCCCCC(=O)ON1C(=O)CCC1=O)=[N+]2C. The number of carbonyl (C=O) groups is 3. The van der Waals surface area contributed by atoms with E-state index in [0.717, 1.165) is 16.9 Å². The highest BCUT2D eigenvalue weighted by Crippen LogP contribution is 2.50. The quantitative estimate of drug-likeness (QED) is 0.0982. The van der Waals surface area contributed by atoms with Crippen molar-refractivity contribution >= 4 is 45.0 Å². The number of amides is 2. The number of hydrogen-bond donors (Lipinski definition) is 1. The van der Waals surface area contributed by atoms with E-state index in [9.17, 15) is 27.4 Å². The molecule has 0 bridgehead atoms. The first-order valence-corrected chi connectivity index (χ1v) is 17.7. The molecule has 1 unspecified atom stereocenters. The first-order valence-electron chi connectivity index (χ1n) is 16.3. The number of anilines is 1. The highest BCUT2D eigenvalue weighted by molar-refractivity contribution is 7.85. The molecular formula is C37H44N3O7S+. The number of carbonyl (C=O) groups excluding carboxylic acids is 3. The number of hydroxylamine groups is 2. The molecule has 1 atom stereocenters. The monoisotopic (exact) mass is 674 g/mol. The minimum absolute atomic E-state index is 0.0464. The van der Waals surface area contributed by atoms with Crippen LogP contribution in [0.3, 0.4) is 0 Å². The van der Waals surface area contributed by atoms with E-state index in [4.69, 9.17) is 4.84 Å². The predicted molar refractivity (Wildman–Crippen MR) is 184 cm³/mol. The second-order valence-corrected chi connectivity index (χ2v) is 15.0. The topological polar surface area (TPSA) is 124 Å². The van der Waals surface area contributed by atoms with Crippen LogP contribution >= 0.6 is 0 Å². The van der Waals surface area contributed by atoms with Crippen molar-refractivity contribution in [3.05, 3.63) is 89.2 Å². The number of benzene rings is 2. The Morgan fingerprint density at radius 3 is 2.38 bits per heavy atom. The zero-order valence-electron chi connectivity index (χ0n) is 28.4. The maximum Gasteiger partial charge on any atom is 0.333 e. The number of unbranched alkanes of at least 4 members (excludes halogenated alkanes) is 2. The number of likely N-dealkylation sites (N-methyl/N-ethyl adjacent to an activating group) is 1. The molecule has 2 aromatic rings. The summed E-state index contributed by atoms with van der Waals surface area (Å²) in [6, 6.07) is 11.2. The molecular weight excluding hydrogens is 630 g/mol. The fraction of sp³-hybridized carbons (Fsp3) is 0.405. The number of allylic oxidation sites excluding steroid dienone is 6. The first-order chi connectivity index (χ1) is 22.6. The van der Waals surface area contributed by atoms with Crippen molar-refractivity contribution in [2.75, 3.05) is 19.0 Å². The van der Waals surface area contributed by atoms with E-state index in [1.165, 1.54) is 28.6 Å². The van der Waals surface area contributed by atoms with Gasteiger partial charge in [0.05, 0.1) is 10.3 Å². The second-order valence-electron chi connectivity index (χ2n) is 13.5. The lowest BCUT2D eigenvalue weighted by Crippen LogP contribution is -2.31. The minimum atomic E-state index is -4.41. The Bertz CT molecular complexity index is 1890. The fourth-order valence-corrected chi connectivity index (χ4v) is 7.65. The third kappa shape index (κ3) is 6.66. The van der Waals surface area contributed by atoms with Crippen LogP contribution in [-0.2, 0) is 40.2 Å². The van der Waals surface area contributed by atoms with Crippen molar-refractivity contribution in [2.45, 2.75) is 88.4 Å². The van der Waals surface area contributed by atoms with Crippen LogP contribution in [0, 0.1) is 6.92 Å². The smallest absolute Gasteiger partial charge is 0.333 e. The zero-order chi connectivity index (χ0) is 35.0. The Morgan fingerprint density at radius 2 is 1.69 bits per heavy atom. The van der Waals surface area contributed by atoms with Crippen LogP contribution in [-0.4, -0.2) is 60.2 Å². The third-order valence-corrected chi connectivity index (χ3v) is 10.7. The summed E-state index contributed by atoms with van der Waals surface area (Å²) in [6.07, 6.45) is 12.8. The number of aryl methyl sites for hydroxylation is 1. The van der Waals surface area contributed by atoms with Gasteiger partial charge < -0.3 is 9.74 Å². The number of nitrogens with zero attached hydrogens (tertiary/aromatic N) is 3. The molecule has 1 N–H and O–H groups in total. The average molecular weight is 675 g/mol. The highest BCUT2D eigenvalue weighted by Gasteiger charge is 2.44. The van der Waals surface area contributed by atoms with Gasteiger partial charge in [-0.15, -0.1) is 5.06 Å². The fourth-order valence-electron chi connectivity index (χ4n) is 7.14. The summed E-state index contributed by atoms with van der Waals surface area (Å²) < 4.78 is 36.1. The zero-order valence-corrected chi connectivity index (χ0v) is 29.3. The van der Waals surface area contributed by atoms with Gasteiger partial charge in [-0.1, -0.05) is 42.7 Å². The van der Waals surface area contributed by atoms with Gasteiger partial charge in [0.2, 0.25) is 5.69 Å². The van der Waals surface area contributed by atoms with Crippen molar-refractivity contribution in [2.24, 2.45) is 0 Å². The molecule has 48 heavy (non-hydrogen) atoms. The Labute approximate surface area is 282 Å². The Balaban J connectivity index is 1.31. The van der Waals surface area contributed by atoms with Gasteiger partial charge in [0, 0.05) is 60.8 Å². The highest BCUT2D eigenvalue weighted by atomic mass is 32.2. The molecule has 2 amide bonds. The van der Waals surface area contributed by atoms with Crippen LogP contribution in [0.1, 0.15) is 82.4 Å². The van der Waals surface area contributed by atoms with E-state index in [1.807, 2.05) is 36.3 Å². The minimum Gasteiger partial charge on any atom is -0.347 e. The van der Waals surface area contributed by atoms with Gasteiger partial charge in [0.25, 0.3) is 21.9 Å². The molecule has 254 valence electrons. The second kappa shape index (κ2) is 13.3. The number of fused-ring (bicyclic) bond motifs is 2. The molecule has 0 aromatic heterocycles. The molecule has 0 radical (unpaired) electrons. The summed E-state index contributed by atoms with van der Waals surface area (Å²) in [5.41, 5.74) is 6.80. The van der Waals surface area contributed by atoms with Gasteiger partial charge in [-0.25, -0.2) is 4.79 Å². The molecule has 3 aliphatic rings. The summed E-state index contributed by atoms with van der Waals surface area (Å²) in [5, 5.41) is 0.562.